The Balaban J connectivity index is 4.26. The Kier molecular flexibility index (Phi) is 3.98. The maximum atomic E-state index is 11.6. The first-order valence-electron chi connectivity index (χ1n) is 3.95. The molecule has 0 radical (unpaired) electrons. The maximum absolute atomic E-state index is 11.6. The number of halogens is 1. The number of hydrogen-bond donors (Lipinski definition) is 0. The molecule has 1 atom stereocenters. The van der Waals surface area contributed by atoms with Crippen molar-refractivity contribution in [2.45, 2.75) is 38.3 Å². The summed E-state index contributed by atoms with van der Waals surface area (Å²) in [7, 11) is -1.57. The molecule has 11 heavy (non-hydrogen) atoms. The summed E-state index contributed by atoms with van der Waals surface area (Å²) in [6.07, 6.45) is 0. The first kappa shape index (κ1) is 11.4. The molecule has 0 saturated carbocycles. The SMILES string of the molecule is CC(C)C(Br)C(=O)[Si](C)(C)C. The predicted octanol–water partition coefficient (Wildman–Crippen LogP) is 2.85. The molecule has 0 saturated heterocycles. The van der Waals surface area contributed by atoms with E-state index in [0.717, 1.165) is 0 Å². The molecule has 0 fully saturated rings. The molecule has 3 heteroatoms. The van der Waals surface area contributed by atoms with Crippen molar-refractivity contribution in [1.29, 1.82) is 0 Å². The van der Waals surface area contributed by atoms with Crippen LogP contribution in [0, 0.1) is 5.92 Å². The lowest BCUT2D eigenvalue weighted by Crippen LogP contribution is -2.41. The average Bonchev–Trinajstić information content (AvgIpc) is 1.82. The van der Waals surface area contributed by atoms with Gasteiger partial charge in [-0.1, -0.05) is 49.4 Å². The van der Waals surface area contributed by atoms with E-state index in [4.69, 9.17) is 0 Å². The highest BCUT2D eigenvalue weighted by Crippen LogP contribution is 2.18. The summed E-state index contributed by atoms with van der Waals surface area (Å²) in [6.45, 7) is 10.4. The molecule has 0 aliphatic heterocycles. The quantitative estimate of drug-likeness (QED) is 0.545. The van der Waals surface area contributed by atoms with E-state index in [9.17, 15) is 4.79 Å². The Bertz CT molecular complexity index is 149. The fraction of sp³-hybridized carbons (Fsp3) is 0.875. The molecule has 0 aliphatic carbocycles. The molecule has 1 nitrogen and oxygen atoms in total. The zero-order valence-electron chi connectivity index (χ0n) is 7.94. The van der Waals surface area contributed by atoms with E-state index in [2.05, 4.69) is 49.4 Å². The van der Waals surface area contributed by atoms with Gasteiger partial charge in [-0.2, -0.15) is 0 Å². The van der Waals surface area contributed by atoms with E-state index >= 15 is 0 Å². The van der Waals surface area contributed by atoms with Crippen LogP contribution in [0.25, 0.3) is 0 Å². The lowest BCUT2D eigenvalue weighted by Gasteiger charge is -2.21. The van der Waals surface area contributed by atoms with Gasteiger partial charge in [-0.05, 0) is 5.92 Å². The van der Waals surface area contributed by atoms with Crippen molar-refractivity contribution in [3.63, 3.8) is 0 Å². The van der Waals surface area contributed by atoms with Gasteiger partial charge in [0, 0.05) is 0 Å². The molecule has 0 aliphatic rings. The second kappa shape index (κ2) is 3.85. The minimum Gasteiger partial charge on any atom is -0.304 e. The van der Waals surface area contributed by atoms with E-state index in [1.54, 1.807) is 0 Å². The first-order valence-corrected chi connectivity index (χ1v) is 8.36. The van der Waals surface area contributed by atoms with E-state index in [1.165, 1.54) is 0 Å². The van der Waals surface area contributed by atoms with Gasteiger partial charge in [-0.25, -0.2) is 0 Å². The van der Waals surface area contributed by atoms with Crippen LogP contribution in [-0.4, -0.2) is 18.3 Å². The van der Waals surface area contributed by atoms with Crippen LogP contribution in [0.5, 0.6) is 0 Å². The number of alkyl halides is 1. The first-order chi connectivity index (χ1) is 4.76. The third-order valence-electron chi connectivity index (χ3n) is 1.57. The Morgan fingerprint density at radius 2 is 1.64 bits per heavy atom. The number of hydrogen-bond acceptors (Lipinski definition) is 1. The van der Waals surface area contributed by atoms with Crippen LogP contribution in [0.3, 0.4) is 0 Å². The van der Waals surface area contributed by atoms with Crippen LogP contribution >= 0.6 is 15.9 Å². The summed E-state index contributed by atoms with van der Waals surface area (Å²) < 4.78 is 0. The van der Waals surface area contributed by atoms with Crippen LogP contribution in [0.1, 0.15) is 13.8 Å². The van der Waals surface area contributed by atoms with E-state index < -0.39 is 8.07 Å². The Hall–Kier alpha value is 0.367. The molecule has 0 aromatic carbocycles. The highest BCUT2D eigenvalue weighted by atomic mass is 79.9. The van der Waals surface area contributed by atoms with Crippen molar-refractivity contribution in [1.82, 2.24) is 0 Å². The summed E-state index contributed by atoms with van der Waals surface area (Å²) in [5, 5.41) is 0.424. The van der Waals surface area contributed by atoms with Crippen LogP contribution in [0.15, 0.2) is 0 Å². The lowest BCUT2D eigenvalue weighted by atomic mass is 10.1. The van der Waals surface area contributed by atoms with Gasteiger partial charge >= 0.3 is 0 Å². The maximum Gasteiger partial charge on any atom is 0.125 e. The number of carbonyl (C=O) groups is 1. The zero-order valence-corrected chi connectivity index (χ0v) is 10.5. The largest absolute Gasteiger partial charge is 0.304 e. The minimum absolute atomic E-state index is 0.0640. The second-order valence-electron chi connectivity index (χ2n) is 4.26. The molecule has 0 bridgehead atoms. The van der Waals surface area contributed by atoms with Crippen molar-refractivity contribution in [3.8, 4) is 0 Å². The Labute approximate surface area is 78.7 Å². The monoisotopic (exact) mass is 236 g/mol. The van der Waals surface area contributed by atoms with Crippen molar-refractivity contribution < 1.29 is 4.79 Å². The van der Waals surface area contributed by atoms with Gasteiger partial charge in [0.1, 0.15) is 13.5 Å². The molecule has 0 rings (SSSR count). The van der Waals surface area contributed by atoms with Crippen LogP contribution < -0.4 is 0 Å². The molecule has 0 aromatic heterocycles. The highest BCUT2D eigenvalue weighted by Gasteiger charge is 2.31. The van der Waals surface area contributed by atoms with Gasteiger partial charge in [-0.3, -0.25) is 0 Å². The third kappa shape index (κ3) is 3.52. The van der Waals surface area contributed by atoms with Crippen LogP contribution in [0.2, 0.25) is 19.6 Å². The molecule has 1 unspecified atom stereocenters. The summed E-state index contributed by atoms with van der Waals surface area (Å²) in [6, 6.07) is 0. The summed E-state index contributed by atoms with van der Waals surface area (Å²) >= 11 is 3.43. The Morgan fingerprint density at radius 3 is 1.73 bits per heavy atom. The Morgan fingerprint density at radius 1 is 1.27 bits per heavy atom. The molecule has 0 aromatic rings. The summed E-state index contributed by atoms with van der Waals surface area (Å²) in [5.41, 5.74) is 0. The number of carbonyl (C=O) groups excluding carboxylic acids is 1. The van der Waals surface area contributed by atoms with Crippen molar-refractivity contribution in [2.24, 2.45) is 5.92 Å². The topological polar surface area (TPSA) is 17.1 Å². The fourth-order valence-electron chi connectivity index (χ4n) is 0.716. The van der Waals surface area contributed by atoms with Gasteiger partial charge in [-0.15, -0.1) is 0 Å². The average molecular weight is 237 g/mol. The third-order valence-corrected chi connectivity index (χ3v) is 5.26. The van der Waals surface area contributed by atoms with E-state index in [-0.39, 0.29) is 4.83 Å². The molecule has 66 valence electrons. The molecule has 0 N–H and O–H groups in total. The molecular weight excluding hydrogens is 220 g/mol. The van der Waals surface area contributed by atoms with E-state index in [1.807, 2.05) is 0 Å². The smallest absolute Gasteiger partial charge is 0.125 e. The lowest BCUT2D eigenvalue weighted by molar-refractivity contribution is -0.112. The predicted molar refractivity (Wildman–Crippen MR) is 55.9 cm³/mol. The summed E-state index contributed by atoms with van der Waals surface area (Å²) in [4.78, 5) is 11.7. The van der Waals surface area contributed by atoms with Gasteiger partial charge in [0.25, 0.3) is 0 Å². The van der Waals surface area contributed by atoms with Crippen LogP contribution in [-0.2, 0) is 4.79 Å². The van der Waals surface area contributed by atoms with Gasteiger partial charge in [0.15, 0.2) is 0 Å². The van der Waals surface area contributed by atoms with Gasteiger partial charge in [0.2, 0.25) is 0 Å². The molecular formula is C8H17BrOSi. The number of rotatable bonds is 3. The van der Waals surface area contributed by atoms with Crippen molar-refractivity contribution in [2.75, 3.05) is 0 Å². The second-order valence-corrected chi connectivity index (χ2v) is 10.2. The van der Waals surface area contributed by atoms with E-state index in [0.29, 0.717) is 11.3 Å². The van der Waals surface area contributed by atoms with Gasteiger partial charge in [0.05, 0.1) is 4.83 Å². The van der Waals surface area contributed by atoms with Crippen LogP contribution in [0.4, 0.5) is 0 Å². The summed E-state index contributed by atoms with van der Waals surface area (Å²) in [5.74, 6) is 0.411. The van der Waals surface area contributed by atoms with Crippen molar-refractivity contribution >= 4 is 29.4 Å². The van der Waals surface area contributed by atoms with Crippen molar-refractivity contribution in [3.05, 3.63) is 0 Å². The zero-order chi connectivity index (χ0) is 9.23. The highest BCUT2D eigenvalue weighted by molar-refractivity contribution is 9.10. The molecule has 0 amide bonds. The molecule has 0 heterocycles. The minimum atomic E-state index is -1.57. The normalized spacial score (nSPS) is 15.2. The van der Waals surface area contributed by atoms with Gasteiger partial charge < -0.3 is 4.79 Å². The fourth-order valence-corrected chi connectivity index (χ4v) is 3.94. The standard InChI is InChI=1S/C8H17BrOSi/c1-6(2)7(9)8(10)11(3,4)5/h6-7H,1-5H3. The molecule has 0 spiro atoms.